The maximum absolute atomic E-state index is 12.2. The summed E-state index contributed by atoms with van der Waals surface area (Å²) in [5, 5.41) is 15.1. The molecule has 4 rings (SSSR count). The molecule has 8 heteroatoms. The van der Waals surface area contributed by atoms with Gasteiger partial charge in [-0.2, -0.15) is 0 Å². The van der Waals surface area contributed by atoms with Crippen LogP contribution in [0.5, 0.6) is 5.75 Å². The molecule has 28 heavy (non-hydrogen) atoms. The third-order valence-electron chi connectivity index (χ3n) is 4.11. The van der Waals surface area contributed by atoms with Gasteiger partial charge in [0.2, 0.25) is 17.3 Å². The fraction of sp³-hybridized carbons (Fsp3) is 0.100. The van der Waals surface area contributed by atoms with E-state index in [0.29, 0.717) is 27.5 Å². The molecule has 1 aliphatic heterocycles. The topological polar surface area (TPSA) is 101 Å². The van der Waals surface area contributed by atoms with E-state index in [9.17, 15) is 10.0 Å². The first-order valence-electron chi connectivity index (χ1n) is 8.47. The molecule has 2 heterocycles. The van der Waals surface area contributed by atoms with Gasteiger partial charge in [-0.15, -0.1) is 0 Å². The molecule has 0 atom stereocenters. The minimum absolute atomic E-state index is 0.0258. The molecule has 0 saturated carbocycles. The van der Waals surface area contributed by atoms with E-state index in [1.807, 2.05) is 30.3 Å². The van der Waals surface area contributed by atoms with Crippen LogP contribution in [0, 0.1) is 12.1 Å². The van der Waals surface area contributed by atoms with Crippen molar-refractivity contribution in [3.05, 3.63) is 88.0 Å². The number of aryl methyl sites for hydroxylation is 1. The van der Waals surface area contributed by atoms with Crippen LogP contribution in [0.4, 0.5) is 0 Å². The van der Waals surface area contributed by atoms with E-state index in [1.54, 1.807) is 37.3 Å². The number of hydrogen-bond acceptors (Lipinski definition) is 7. The Morgan fingerprint density at radius 1 is 1.14 bits per heavy atom. The van der Waals surface area contributed by atoms with E-state index in [-0.39, 0.29) is 23.9 Å². The maximum Gasteiger partial charge on any atom is 0.363 e. The first kappa shape index (κ1) is 17.5. The Bertz CT molecular complexity index is 1070. The normalized spacial score (nSPS) is 14.8. The predicted octanol–water partition coefficient (Wildman–Crippen LogP) is 2.54. The Labute approximate surface area is 159 Å². The van der Waals surface area contributed by atoms with Crippen molar-refractivity contribution in [2.45, 2.75) is 13.5 Å². The van der Waals surface area contributed by atoms with E-state index in [4.69, 9.17) is 9.47 Å². The molecule has 0 spiro atoms. The number of carbonyl (C=O) groups excluding carboxylic acids is 1. The second-order valence-electron chi connectivity index (χ2n) is 5.99. The molecule has 0 amide bonds. The molecule has 0 radical (unpaired) electrons. The summed E-state index contributed by atoms with van der Waals surface area (Å²) in [5.74, 6) is 0.190. The number of rotatable bonds is 5. The maximum atomic E-state index is 12.2. The van der Waals surface area contributed by atoms with Gasteiger partial charge in [-0.1, -0.05) is 36.4 Å². The number of para-hydroxylation sites is 1. The number of benzene rings is 2. The van der Waals surface area contributed by atoms with Gasteiger partial charge in [-0.05, 0) is 29.2 Å². The number of aliphatic imine (C=N–C) groups is 1. The molecule has 8 nitrogen and oxygen atoms in total. The average molecular weight is 377 g/mol. The lowest BCUT2D eigenvalue weighted by Gasteiger charge is -2.07. The molecule has 0 N–H and O–H groups in total. The van der Waals surface area contributed by atoms with Gasteiger partial charge in [0, 0.05) is 23.2 Å². The summed E-state index contributed by atoms with van der Waals surface area (Å²) in [6.45, 7) is 1.63. The zero-order valence-corrected chi connectivity index (χ0v) is 14.9. The number of nitrogens with zero attached hydrogens (tertiary/aromatic N) is 3. The smallest absolute Gasteiger partial charge is 0.363 e. The van der Waals surface area contributed by atoms with Crippen LogP contribution >= 0.6 is 0 Å². The largest absolute Gasteiger partial charge is 0.484 e. The van der Waals surface area contributed by atoms with Gasteiger partial charge in [-0.3, -0.25) is 4.63 Å². The van der Waals surface area contributed by atoms with Crippen molar-refractivity contribution < 1.29 is 23.8 Å². The molecule has 140 valence electrons. The van der Waals surface area contributed by atoms with Crippen LogP contribution in [0.3, 0.4) is 0 Å². The second kappa shape index (κ2) is 7.36. The molecule has 1 aromatic heterocycles. The van der Waals surface area contributed by atoms with Gasteiger partial charge in [0.15, 0.2) is 12.3 Å². The lowest BCUT2D eigenvalue weighted by atomic mass is 10.1. The fourth-order valence-electron chi connectivity index (χ4n) is 2.63. The predicted molar refractivity (Wildman–Crippen MR) is 98.0 cm³/mol. The van der Waals surface area contributed by atoms with Crippen LogP contribution in [0.15, 0.2) is 69.9 Å². The van der Waals surface area contributed by atoms with Crippen molar-refractivity contribution in [3.63, 3.8) is 0 Å². The average Bonchev–Trinajstić information content (AvgIpc) is 3.24. The van der Waals surface area contributed by atoms with Crippen LogP contribution in [-0.4, -0.2) is 17.0 Å². The summed E-state index contributed by atoms with van der Waals surface area (Å²) in [5.41, 5.74) is 2.22. The van der Waals surface area contributed by atoms with Gasteiger partial charge in [-0.25, -0.2) is 9.79 Å². The zero-order valence-electron chi connectivity index (χ0n) is 14.9. The summed E-state index contributed by atoms with van der Waals surface area (Å²) in [7, 11) is 0. The van der Waals surface area contributed by atoms with Crippen LogP contribution in [0.1, 0.15) is 22.5 Å². The number of esters is 1. The number of cyclic esters (lactones) is 1. The van der Waals surface area contributed by atoms with Crippen LogP contribution in [0.2, 0.25) is 0 Å². The Balaban J connectivity index is 1.60. The van der Waals surface area contributed by atoms with Crippen molar-refractivity contribution in [2.75, 3.05) is 0 Å². The van der Waals surface area contributed by atoms with Gasteiger partial charge < -0.3 is 14.7 Å². The Morgan fingerprint density at radius 2 is 1.89 bits per heavy atom. The first-order chi connectivity index (χ1) is 13.6. The molecular weight excluding hydrogens is 362 g/mol. The molecule has 0 bridgehead atoms. The number of hydrogen-bond donors (Lipinski definition) is 0. The fourth-order valence-corrected chi connectivity index (χ4v) is 2.63. The standard InChI is InChI=1S/C20H15N3O5/c1-13-17(23(25)28-22-13)12-26-18-10-6-5-9-15(18)11-16-20(24)27-19(21-16)14-7-3-2-4-8-14/h2-11H,12H2,1H3/b16-11-. The summed E-state index contributed by atoms with van der Waals surface area (Å²) in [6, 6.07) is 16.3. The minimum Gasteiger partial charge on any atom is -0.484 e. The van der Waals surface area contributed by atoms with E-state index in [0.717, 1.165) is 0 Å². The third-order valence-corrected chi connectivity index (χ3v) is 4.11. The van der Waals surface area contributed by atoms with E-state index < -0.39 is 5.97 Å². The molecule has 0 aliphatic carbocycles. The summed E-state index contributed by atoms with van der Waals surface area (Å²) in [6.07, 6.45) is 1.58. The zero-order chi connectivity index (χ0) is 19.5. The van der Waals surface area contributed by atoms with E-state index in [1.165, 1.54) is 0 Å². The van der Waals surface area contributed by atoms with E-state index in [2.05, 4.69) is 14.8 Å². The van der Waals surface area contributed by atoms with Crippen LogP contribution < -0.4 is 9.64 Å². The highest BCUT2D eigenvalue weighted by molar-refractivity contribution is 6.12. The highest BCUT2D eigenvalue weighted by Crippen LogP contribution is 2.25. The monoisotopic (exact) mass is 377 g/mol. The quantitative estimate of drug-likeness (QED) is 0.385. The summed E-state index contributed by atoms with van der Waals surface area (Å²) in [4.78, 5) is 16.8. The number of ether oxygens (including phenoxy) is 2. The first-order valence-corrected chi connectivity index (χ1v) is 8.47. The van der Waals surface area contributed by atoms with Crippen LogP contribution in [-0.2, 0) is 16.1 Å². The van der Waals surface area contributed by atoms with Gasteiger partial charge >= 0.3 is 5.97 Å². The Hall–Kier alpha value is -3.94. The lowest BCUT2D eigenvalue weighted by molar-refractivity contribution is -0.808. The molecule has 0 fully saturated rings. The number of aromatic nitrogens is 2. The lowest BCUT2D eigenvalue weighted by Crippen LogP contribution is -2.29. The van der Waals surface area contributed by atoms with Crippen LogP contribution in [0.25, 0.3) is 6.08 Å². The van der Waals surface area contributed by atoms with E-state index >= 15 is 0 Å². The van der Waals surface area contributed by atoms with Crippen molar-refractivity contribution in [2.24, 2.45) is 4.99 Å². The van der Waals surface area contributed by atoms with Gasteiger partial charge in [0.1, 0.15) is 5.75 Å². The molecule has 2 aromatic carbocycles. The Morgan fingerprint density at radius 3 is 2.64 bits per heavy atom. The molecule has 0 unspecified atom stereocenters. The molecule has 0 saturated heterocycles. The van der Waals surface area contributed by atoms with Gasteiger partial charge in [0.05, 0.1) is 0 Å². The molecule has 3 aromatic rings. The van der Waals surface area contributed by atoms with Crippen molar-refractivity contribution >= 4 is 17.9 Å². The van der Waals surface area contributed by atoms with Crippen molar-refractivity contribution in [3.8, 4) is 5.75 Å². The van der Waals surface area contributed by atoms with Crippen molar-refractivity contribution in [1.29, 1.82) is 0 Å². The van der Waals surface area contributed by atoms with Crippen molar-refractivity contribution in [1.82, 2.24) is 5.16 Å². The molecular formula is C20H15N3O5. The molecule has 1 aliphatic rings. The SMILES string of the molecule is Cc1no[n+]([O-])c1COc1ccccc1/C=C1\N=C(c2ccccc2)OC1=O. The van der Waals surface area contributed by atoms with Gasteiger partial charge in [0.25, 0.3) is 0 Å². The third kappa shape index (κ3) is 3.48. The summed E-state index contributed by atoms with van der Waals surface area (Å²) >= 11 is 0. The second-order valence-corrected chi connectivity index (χ2v) is 5.99. The number of carbonyl (C=O) groups is 1. The highest BCUT2D eigenvalue weighted by Gasteiger charge is 2.24. The Kier molecular flexibility index (Phi) is 4.59. The highest BCUT2D eigenvalue weighted by atomic mass is 16.8. The summed E-state index contributed by atoms with van der Waals surface area (Å²) < 4.78 is 15.5. The minimum atomic E-state index is -0.541.